The number of anilines is 2. The van der Waals surface area contributed by atoms with Gasteiger partial charge in [0, 0.05) is 12.1 Å². The second-order valence-electron chi connectivity index (χ2n) is 6.53. The van der Waals surface area contributed by atoms with E-state index < -0.39 is 0 Å². The molecule has 112 valence electrons. The fraction of sp³-hybridized carbons (Fsp3) is 0.750. The molecule has 0 radical (unpaired) electrons. The first kappa shape index (κ1) is 15.1. The Morgan fingerprint density at radius 3 is 2.85 bits per heavy atom. The van der Waals surface area contributed by atoms with Crippen LogP contribution in [0.25, 0.3) is 0 Å². The molecule has 2 rings (SSSR count). The van der Waals surface area contributed by atoms with Crippen LogP contribution >= 0.6 is 0 Å². The monoisotopic (exact) mass is 276 g/mol. The van der Waals surface area contributed by atoms with E-state index in [-0.39, 0.29) is 0 Å². The summed E-state index contributed by atoms with van der Waals surface area (Å²) in [7, 11) is 0. The van der Waals surface area contributed by atoms with Crippen LogP contribution in [0.15, 0.2) is 6.33 Å². The zero-order valence-electron chi connectivity index (χ0n) is 13.0. The summed E-state index contributed by atoms with van der Waals surface area (Å²) in [6, 6.07) is 0. The van der Waals surface area contributed by atoms with Crippen LogP contribution in [-0.2, 0) is 0 Å². The summed E-state index contributed by atoms with van der Waals surface area (Å²) >= 11 is 0. The van der Waals surface area contributed by atoms with E-state index in [0.717, 1.165) is 29.8 Å². The number of nitrogens with two attached hydrogens (primary N) is 1. The average molecular weight is 276 g/mol. The topological polar surface area (TPSA) is 63.8 Å². The summed E-state index contributed by atoms with van der Waals surface area (Å²) < 4.78 is 0. The molecule has 0 spiro atoms. The molecule has 1 aromatic rings. The van der Waals surface area contributed by atoms with Gasteiger partial charge < -0.3 is 11.1 Å². The third-order valence-corrected chi connectivity index (χ3v) is 4.38. The normalized spacial score (nSPS) is 23.0. The number of nitrogens with zero attached hydrogens (tertiary/aromatic N) is 2. The minimum absolute atomic E-state index is 0.341. The van der Waals surface area contributed by atoms with Crippen LogP contribution in [0, 0.1) is 11.8 Å². The molecule has 2 atom stereocenters. The van der Waals surface area contributed by atoms with Crippen LogP contribution in [0.4, 0.5) is 11.6 Å². The van der Waals surface area contributed by atoms with Crippen molar-refractivity contribution in [2.75, 3.05) is 17.6 Å². The van der Waals surface area contributed by atoms with Gasteiger partial charge in [-0.1, -0.05) is 40.0 Å². The lowest BCUT2D eigenvalue weighted by molar-refractivity contribution is 0.274. The predicted molar refractivity (Wildman–Crippen MR) is 84.8 cm³/mol. The van der Waals surface area contributed by atoms with E-state index in [9.17, 15) is 0 Å². The second-order valence-corrected chi connectivity index (χ2v) is 6.53. The lowest BCUT2D eigenvalue weighted by Gasteiger charge is -2.27. The number of nitrogen functional groups attached to an aromatic ring is 1. The van der Waals surface area contributed by atoms with Crippen LogP contribution in [0.3, 0.4) is 0 Å². The number of nitrogens with one attached hydrogen (secondary N) is 1. The first-order valence-electron chi connectivity index (χ1n) is 7.92. The molecule has 1 heterocycles. The van der Waals surface area contributed by atoms with Crippen molar-refractivity contribution in [3.05, 3.63) is 11.9 Å². The van der Waals surface area contributed by atoms with Gasteiger partial charge in [-0.15, -0.1) is 0 Å². The number of hydrogen-bond acceptors (Lipinski definition) is 4. The summed E-state index contributed by atoms with van der Waals surface area (Å²) in [6.45, 7) is 7.61. The molecule has 4 heteroatoms. The number of hydrogen-bond donors (Lipinski definition) is 2. The van der Waals surface area contributed by atoms with Crippen LogP contribution in [-0.4, -0.2) is 16.5 Å². The summed E-state index contributed by atoms with van der Waals surface area (Å²) in [6.07, 6.45) is 8.34. The van der Waals surface area contributed by atoms with E-state index in [4.69, 9.17) is 5.73 Å². The first-order chi connectivity index (χ1) is 9.58. The van der Waals surface area contributed by atoms with Crippen molar-refractivity contribution in [3.8, 4) is 0 Å². The van der Waals surface area contributed by atoms with E-state index in [1.54, 1.807) is 6.33 Å². The van der Waals surface area contributed by atoms with Gasteiger partial charge in [0.1, 0.15) is 18.0 Å². The molecule has 0 saturated heterocycles. The SMILES string of the molecule is CC1CCCC(CCNc2ncnc(N)c2C(C)C)C1. The van der Waals surface area contributed by atoms with Crippen molar-refractivity contribution >= 4 is 11.6 Å². The Morgan fingerprint density at radius 1 is 1.35 bits per heavy atom. The minimum atomic E-state index is 0.341. The van der Waals surface area contributed by atoms with Gasteiger partial charge >= 0.3 is 0 Å². The zero-order valence-corrected chi connectivity index (χ0v) is 13.0. The maximum Gasteiger partial charge on any atom is 0.134 e. The Kier molecular flexibility index (Phi) is 5.21. The van der Waals surface area contributed by atoms with Gasteiger partial charge in [0.15, 0.2) is 0 Å². The quantitative estimate of drug-likeness (QED) is 0.858. The molecule has 0 bridgehead atoms. The fourth-order valence-corrected chi connectivity index (χ4v) is 3.34. The Labute approximate surface area is 122 Å². The van der Waals surface area contributed by atoms with Gasteiger partial charge in [-0.05, 0) is 30.6 Å². The van der Waals surface area contributed by atoms with Gasteiger partial charge in [0.05, 0.1) is 0 Å². The Balaban J connectivity index is 1.89. The van der Waals surface area contributed by atoms with Crippen molar-refractivity contribution in [1.29, 1.82) is 0 Å². The lowest BCUT2D eigenvalue weighted by Crippen LogP contribution is -2.17. The molecule has 0 amide bonds. The van der Waals surface area contributed by atoms with Gasteiger partial charge in [0.25, 0.3) is 0 Å². The van der Waals surface area contributed by atoms with Gasteiger partial charge in [0.2, 0.25) is 0 Å². The molecule has 1 fully saturated rings. The third-order valence-electron chi connectivity index (χ3n) is 4.38. The highest BCUT2D eigenvalue weighted by atomic mass is 15.0. The minimum Gasteiger partial charge on any atom is -0.383 e. The molecule has 3 N–H and O–H groups in total. The highest BCUT2D eigenvalue weighted by molar-refractivity contribution is 5.56. The number of rotatable bonds is 5. The predicted octanol–water partition coefficient (Wildman–Crippen LogP) is 3.81. The van der Waals surface area contributed by atoms with Crippen molar-refractivity contribution in [2.45, 2.75) is 58.8 Å². The molecule has 1 saturated carbocycles. The van der Waals surface area contributed by atoms with Crippen molar-refractivity contribution < 1.29 is 0 Å². The van der Waals surface area contributed by atoms with Crippen molar-refractivity contribution in [1.82, 2.24) is 9.97 Å². The average Bonchev–Trinajstić information content (AvgIpc) is 2.38. The fourth-order valence-electron chi connectivity index (χ4n) is 3.34. The lowest BCUT2D eigenvalue weighted by atomic mass is 9.81. The smallest absolute Gasteiger partial charge is 0.134 e. The van der Waals surface area contributed by atoms with Crippen molar-refractivity contribution in [2.24, 2.45) is 11.8 Å². The maximum absolute atomic E-state index is 5.96. The van der Waals surface area contributed by atoms with E-state index in [1.807, 2.05) is 0 Å². The molecular weight excluding hydrogens is 248 g/mol. The first-order valence-corrected chi connectivity index (χ1v) is 7.92. The number of aromatic nitrogens is 2. The van der Waals surface area contributed by atoms with Crippen LogP contribution < -0.4 is 11.1 Å². The molecule has 20 heavy (non-hydrogen) atoms. The van der Waals surface area contributed by atoms with Crippen molar-refractivity contribution in [3.63, 3.8) is 0 Å². The van der Waals surface area contributed by atoms with E-state index in [2.05, 4.69) is 36.1 Å². The van der Waals surface area contributed by atoms with Gasteiger partial charge in [-0.2, -0.15) is 0 Å². The standard InChI is InChI=1S/C16H28N4/c1-11(2)14-15(17)19-10-20-16(14)18-8-7-13-6-4-5-12(3)9-13/h10-13H,4-9H2,1-3H3,(H3,17,18,19,20). The van der Waals surface area contributed by atoms with E-state index in [0.29, 0.717) is 11.7 Å². The maximum atomic E-state index is 5.96. The van der Waals surface area contributed by atoms with E-state index >= 15 is 0 Å². The zero-order chi connectivity index (χ0) is 14.5. The Bertz CT molecular complexity index is 430. The van der Waals surface area contributed by atoms with E-state index in [1.165, 1.54) is 32.1 Å². The highest BCUT2D eigenvalue weighted by Crippen LogP contribution is 2.31. The van der Waals surface area contributed by atoms with Crippen LogP contribution in [0.5, 0.6) is 0 Å². The summed E-state index contributed by atoms with van der Waals surface area (Å²) in [5.74, 6) is 3.62. The second kappa shape index (κ2) is 6.91. The van der Waals surface area contributed by atoms with Crippen LogP contribution in [0.2, 0.25) is 0 Å². The Morgan fingerprint density at radius 2 is 2.15 bits per heavy atom. The largest absolute Gasteiger partial charge is 0.383 e. The highest BCUT2D eigenvalue weighted by Gasteiger charge is 2.19. The summed E-state index contributed by atoms with van der Waals surface area (Å²) in [5.41, 5.74) is 7.01. The Hall–Kier alpha value is -1.32. The molecule has 1 aliphatic rings. The third kappa shape index (κ3) is 3.84. The van der Waals surface area contributed by atoms with Crippen LogP contribution in [0.1, 0.15) is 64.4 Å². The molecule has 2 unspecified atom stereocenters. The van der Waals surface area contributed by atoms with Gasteiger partial charge in [-0.25, -0.2) is 9.97 Å². The molecule has 4 nitrogen and oxygen atoms in total. The molecule has 1 aromatic heterocycles. The molecular formula is C16H28N4. The summed E-state index contributed by atoms with van der Waals surface area (Å²) in [5, 5.41) is 3.47. The molecule has 1 aliphatic carbocycles. The molecule has 0 aliphatic heterocycles. The summed E-state index contributed by atoms with van der Waals surface area (Å²) in [4.78, 5) is 8.45. The van der Waals surface area contributed by atoms with Gasteiger partial charge in [-0.3, -0.25) is 0 Å². The molecule has 0 aromatic carbocycles.